The van der Waals surface area contributed by atoms with Crippen molar-refractivity contribution in [2.45, 2.75) is 31.7 Å². The second-order valence-electron chi connectivity index (χ2n) is 6.54. The standard InChI is InChI=1S/C21H23NO5/c23-18-11-12-22(14-18)21(25)27-19(13-16-7-3-1-4-8-16)20(24)26-15-17-9-5-2-6-10-17/h1-10,18-19,23H,11-15H2/t18-,19?/m0/s1. The molecule has 6 nitrogen and oxygen atoms in total. The van der Waals surface area contributed by atoms with Gasteiger partial charge in [-0.25, -0.2) is 9.59 Å². The van der Waals surface area contributed by atoms with E-state index in [0.29, 0.717) is 13.0 Å². The maximum atomic E-state index is 12.6. The fourth-order valence-corrected chi connectivity index (χ4v) is 2.93. The Morgan fingerprint density at radius 2 is 1.67 bits per heavy atom. The molecule has 1 N–H and O–H groups in total. The van der Waals surface area contributed by atoms with Crippen LogP contribution >= 0.6 is 0 Å². The fourth-order valence-electron chi connectivity index (χ4n) is 2.93. The molecule has 0 radical (unpaired) electrons. The number of aliphatic hydroxyl groups excluding tert-OH is 1. The van der Waals surface area contributed by atoms with Crippen LogP contribution in [0.1, 0.15) is 17.5 Å². The number of hydrogen-bond donors (Lipinski definition) is 1. The lowest BCUT2D eigenvalue weighted by Crippen LogP contribution is -2.38. The second-order valence-corrected chi connectivity index (χ2v) is 6.54. The zero-order chi connectivity index (χ0) is 19.1. The van der Waals surface area contributed by atoms with Crippen molar-refractivity contribution >= 4 is 12.1 Å². The van der Waals surface area contributed by atoms with Gasteiger partial charge in [0.2, 0.25) is 6.10 Å². The van der Waals surface area contributed by atoms with Gasteiger partial charge in [0.15, 0.2) is 0 Å². The summed E-state index contributed by atoms with van der Waals surface area (Å²) in [5.41, 5.74) is 1.73. The van der Waals surface area contributed by atoms with Crippen molar-refractivity contribution in [2.75, 3.05) is 13.1 Å². The first-order chi connectivity index (χ1) is 13.1. The van der Waals surface area contributed by atoms with Gasteiger partial charge < -0.3 is 19.5 Å². The number of aliphatic hydroxyl groups is 1. The SMILES string of the molecule is O=C(OCc1ccccc1)C(Cc1ccccc1)OC(=O)N1CC[C@H](O)C1. The van der Waals surface area contributed by atoms with E-state index in [2.05, 4.69) is 0 Å². The molecule has 1 fully saturated rings. The molecule has 1 amide bonds. The monoisotopic (exact) mass is 369 g/mol. The minimum Gasteiger partial charge on any atom is -0.458 e. The van der Waals surface area contributed by atoms with Crippen molar-refractivity contribution in [1.29, 1.82) is 0 Å². The Kier molecular flexibility index (Phi) is 6.44. The first-order valence-electron chi connectivity index (χ1n) is 9.00. The van der Waals surface area contributed by atoms with Gasteiger partial charge in [0.05, 0.1) is 6.10 Å². The molecular formula is C21H23NO5. The van der Waals surface area contributed by atoms with Crippen LogP contribution in [0.3, 0.4) is 0 Å². The molecule has 0 aromatic heterocycles. The molecule has 0 spiro atoms. The Bertz CT molecular complexity index is 750. The molecule has 1 unspecified atom stereocenters. The van der Waals surface area contributed by atoms with Gasteiger partial charge in [0, 0.05) is 19.5 Å². The number of likely N-dealkylation sites (tertiary alicyclic amines) is 1. The summed E-state index contributed by atoms with van der Waals surface area (Å²) in [4.78, 5) is 26.3. The highest BCUT2D eigenvalue weighted by molar-refractivity contribution is 5.79. The van der Waals surface area contributed by atoms with Crippen molar-refractivity contribution in [1.82, 2.24) is 4.90 Å². The second kappa shape index (κ2) is 9.19. The van der Waals surface area contributed by atoms with E-state index in [1.165, 1.54) is 4.90 Å². The molecule has 27 heavy (non-hydrogen) atoms. The van der Waals surface area contributed by atoms with Gasteiger partial charge >= 0.3 is 12.1 Å². The molecule has 2 aromatic carbocycles. The van der Waals surface area contributed by atoms with Gasteiger partial charge in [-0.1, -0.05) is 60.7 Å². The quantitative estimate of drug-likeness (QED) is 0.792. The van der Waals surface area contributed by atoms with Gasteiger partial charge in [0.25, 0.3) is 0 Å². The van der Waals surface area contributed by atoms with E-state index in [1.54, 1.807) is 0 Å². The number of benzene rings is 2. The fraction of sp³-hybridized carbons (Fsp3) is 0.333. The predicted molar refractivity (Wildman–Crippen MR) is 98.8 cm³/mol. The number of rotatable bonds is 6. The van der Waals surface area contributed by atoms with Crippen LogP contribution in [-0.4, -0.2) is 47.4 Å². The summed E-state index contributed by atoms with van der Waals surface area (Å²) in [6.07, 6.45) is -1.45. The maximum absolute atomic E-state index is 12.6. The van der Waals surface area contributed by atoms with E-state index in [-0.39, 0.29) is 19.6 Å². The molecule has 1 aliphatic heterocycles. The van der Waals surface area contributed by atoms with Gasteiger partial charge in [-0.3, -0.25) is 0 Å². The number of amides is 1. The molecule has 0 bridgehead atoms. The lowest BCUT2D eigenvalue weighted by molar-refractivity contribution is -0.155. The zero-order valence-electron chi connectivity index (χ0n) is 15.0. The Balaban J connectivity index is 1.64. The van der Waals surface area contributed by atoms with Crippen LogP contribution in [0.4, 0.5) is 4.79 Å². The summed E-state index contributed by atoms with van der Waals surface area (Å²) in [5, 5.41) is 9.60. The number of carbonyl (C=O) groups is 2. The van der Waals surface area contributed by atoms with Crippen molar-refractivity contribution < 1.29 is 24.2 Å². The maximum Gasteiger partial charge on any atom is 0.410 e. The Labute approximate surface area is 158 Å². The van der Waals surface area contributed by atoms with Crippen LogP contribution in [-0.2, 0) is 27.3 Å². The van der Waals surface area contributed by atoms with Gasteiger partial charge in [0.1, 0.15) is 6.61 Å². The van der Waals surface area contributed by atoms with Crippen LogP contribution in [0.2, 0.25) is 0 Å². The first-order valence-corrected chi connectivity index (χ1v) is 9.00. The highest BCUT2D eigenvalue weighted by Crippen LogP contribution is 2.15. The summed E-state index contributed by atoms with van der Waals surface area (Å²) in [6, 6.07) is 18.7. The third kappa shape index (κ3) is 5.56. The summed E-state index contributed by atoms with van der Waals surface area (Å²) < 4.78 is 10.8. The lowest BCUT2D eigenvalue weighted by atomic mass is 10.1. The van der Waals surface area contributed by atoms with E-state index >= 15 is 0 Å². The van der Waals surface area contributed by atoms with Crippen LogP contribution in [0.15, 0.2) is 60.7 Å². The third-order valence-corrected chi connectivity index (χ3v) is 4.42. The molecule has 2 atom stereocenters. The number of esters is 1. The average molecular weight is 369 g/mol. The number of ether oxygens (including phenoxy) is 2. The normalized spacial score (nSPS) is 17.4. The highest BCUT2D eigenvalue weighted by Gasteiger charge is 2.31. The molecule has 0 saturated carbocycles. The smallest absolute Gasteiger partial charge is 0.410 e. The molecule has 2 aromatic rings. The zero-order valence-corrected chi connectivity index (χ0v) is 15.0. The van der Waals surface area contributed by atoms with Crippen molar-refractivity contribution in [3.63, 3.8) is 0 Å². The predicted octanol–water partition coefficient (Wildman–Crippen LogP) is 2.54. The third-order valence-electron chi connectivity index (χ3n) is 4.42. The first kappa shape index (κ1) is 18.9. The van der Waals surface area contributed by atoms with Gasteiger partial charge in [-0.2, -0.15) is 0 Å². The molecule has 3 rings (SSSR count). The van der Waals surface area contributed by atoms with Gasteiger partial charge in [-0.05, 0) is 17.5 Å². The number of nitrogens with zero attached hydrogens (tertiary/aromatic N) is 1. The van der Waals surface area contributed by atoms with E-state index < -0.39 is 24.3 Å². The van der Waals surface area contributed by atoms with Crippen molar-refractivity contribution in [3.8, 4) is 0 Å². The van der Waals surface area contributed by atoms with Crippen molar-refractivity contribution in [2.24, 2.45) is 0 Å². The summed E-state index contributed by atoms with van der Waals surface area (Å²) in [6.45, 7) is 0.748. The van der Waals surface area contributed by atoms with Crippen LogP contribution in [0.5, 0.6) is 0 Å². The number of β-amino-alcohol motifs (C(OH)–C–C–N with tert-alkyl or cyclic N) is 1. The highest BCUT2D eigenvalue weighted by atomic mass is 16.6. The number of carbonyl (C=O) groups excluding carboxylic acids is 2. The van der Waals surface area contributed by atoms with E-state index in [0.717, 1.165) is 11.1 Å². The van der Waals surface area contributed by atoms with E-state index in [4.69, 9.17) is 9.47 Å². The minimum atomic E-state index is -1.04. The summed E-state index contributed by atoms with van der Waals surface area (Å²) in [5.74, 6) is -0.587. The van der Waals surface area contributed by atoms with Crippen molar-refractivity contribution in [3.05, 3.63) is 71.8 Å². The van der Waals surface area contributed by atoms with E-state index in [1.807, 2.05) is 60.7 Å². The molecular weight excluding hydrogens is 346 g/mol. The Hall–Kier alpha value is -2.86. The largest absolute Gasteiger partial charge is 0.458 e. The Morgan fingerprint density at radius 1 is 1.04 bits per heavy atom. The van der Waals surface area contributed by atoms with Crippen LogP contribution in [0, 0.1) is 0 Å². The summed E-state index contributed by atoms with van der Waals surface area (Å²) >= 11 is 0. The summed E-state index contributed by atoms with van der Waals surface area (Å²) in [7, 11) is 0. The molecule has 6 heteroatoms. The van der Waals surface area contributed by atoms with Crippen LogP contribution < -0.4 is 0 Å². The molecule has 1 aliphatic rings. The molecule has 1 heterocycles. The lowest BCUT2D eigenvalue weighted by Gasteiger charge is -2.21. The topological polar surface area (TPSA) is 76.1 Å². The molecule has 142 valence electrons. The number of hydrogen-bond acceptors (Lipinski definition) is 5. The van der Waals surface area contributed by atoms with E-state index in [9.17, 15) is 14.7 Å². The van der Waals surface area contributed by atoms with Crippen LogP contribution in [0.25, 0.3) is 0 Å². The Morgan fingerprint density at radius 3 is 2.26 bits per heavy atom. The minimum absolute atomic E-state index is 0.116. The van der Waals surface area contributed by atoms with Gasteiger partial charge in [-0.15, -0.1) is 0 Å². The molecule has 1 saturated heterocycles. The average Bonchev–Trinajstić information content (AvgIpc) is 3.14. The molecule has 0 aliphatic carbocycles.